The Morgan fingerprint density at radius 1 is 1.20 bits per heavy atom. The first-order valence-electron chi connectivity index (χ1n) is 6.82. The molecule has 1 aliphatic heterocycles. The number of aliphatic carboxylic acids is 1. The van der Waals surface area contributed by atoms with Crippen LogP contribution in [0.4, 0.5) is 0 Å². The Kier molecular flexibility index (Phi) is 3.01. The van der Waals surface area contributed by atoms with Gasteiger partial charge in [0.1, 0.15) is 6.04 Å². The van der Waals surface area contributed by atoms with Gasteiger partial charge in [-0.3, -0.25) is 4.79 Å². The third-order valence-corrected chi connectivity index (χ3v) is 4.31. The van der Waals surface area contributed by atoms with E-state index in [0.29, 0.717) is 0 Å². The number of benzene rings is 1. The van der Waals surface area contributed by atoms with E-state index in [4.69, 9.17) is 0 Å². The molecule has 2 atom stereocenters. The Hall–Kier alpha value is -1.88. The van der Waals surface area contributed by atoms with Gasteiger partial charge in [0, 0.05) is 13.0 Å². The minimum atomic E-state index is -1.04. The summed E-state index contributed by atoms with van der Waals surface area (Å²) in [6.07, 6.45) is 0.863. The second-order valence-electron chi connectivity index (χ2n) is 5.65. The molecule has 20 heavy (non-hydrogen) atoms. The van der Waals surface area contributed by atoms with Gasteiger partial charge in [0.15, 0.2) is 0 Å². The second kappa shape index (κ2) is 4.59. The Morgan fingerprint density at radius 2 is 1.85 bits per heavy atom. The molecule has 1 saturated carbocycles. The van der Waals surface area contributed by atoms with Crippen LogP contribution >= 0.6 is 0 Å². The van der Waals surface area contributed by atoms with E-state index < -0.39 is 23.5 Å². The largest absolute Gasteiger partial charge is 0.480 e. The molecule has 2 aliphatic rings. The van der Waals surface area contributed by atoms with Crippen LogP contribution < -0.4 is 0 Å². The van der Waals surface area contributed by atoms with E-state index >= 15 is 0 Å². The molecule has 0 bridgehead atoms. The highest BCUT2D eigenvalue weighted by Gasteiger charge is 2.55. The van der Waals surface area contributed by atoms with Crippen LogP contribution in [-0.4, -0.2) is 45.7 Å². The molecule has 1 saturated heterocycles. The van der Waals surface area contributed by atoms with E-state index in [1.54, 1.807) is 0 Å². The first-order chi connectivity index (χ1) is 9.54. The summed E-state index contributed by atoms with van der Waals surface area (Å²) in [4.78, 5) is 25.3. The number of aliphatic hydroxyl groups excluding tert-OH is 1. The lowest BCUT2D eigenvalue weighted by molar-refractivity contribution is -0.149. The lowest BCUT2D eigenvalue weighted by atomic mass is 9.94. The highest BCUT2D eigenvalue weighted by molar-refractivity contribution is 5.94. The molecular weight excluding hydrogens is 258 g/mol. The lowest BCUT2D eigenvalue weighted by Gasteiger charge is -2.26. The summed E-state index contributed by atoms with van der Waals surface area (Å²) < 4.78 is 0. The van der Waals surface area contributed by atoms with Gasteiger partial charge in [-0.2, -0.15) is 0 Å². The number of carbonyl (C=O) groups excluding carboxylic acids is 1. The molecule has 5 nitrogen and oxygen atoms in total. The Morgan fingerprint density at radius 3 is 2.40 bits per heavy atom. The average molecular weight is 275 g/mol. The zero-order valence-electron chi connectivity index (χ0n) is 11.0. The van der Waals surface area contributed by atoms with Crippen molar-refractivity contribution in [1.29, 1.82) is 0 Å². The summed E-state index contributed by atoms with van der Waals surface area (Å²) in [5, 5.41) is 18.9. The van der Waals surface area contributed by atoms with Crippen LogP contribution in [0.25, 0.3) is 0 Å². The molecule has 1 amide bonds. The van der Waals surface area contributed by atoms with Crippen LogP contribution in [0.3, 0.4) is 0 Å². The highest BCUT2D eigenvalue weighted by atomic mass is 16.4. The quantitative estimate of drug-likeness (QED) is 0.854. The SMILES string of the molecule is O=C(O)C1CC(O)CN1C(=O)C1(c2ccccc2)CC1. The smallest absolute Gasteiger partial charge is 0.326 e. The molecule has 1 heterocycles. The number of carbonyl (C=O) groups is 2. The zero-order valence-corrected chi connectivity index (χ0v) is 11.0. The summed E-state index contributed by atoms with van der Waals surface area (Å²) in [5.41, 5.74) is 0.370. The summed E-state index contributed by atoms with van der Waals surface area (Å²) in [7, 11) is 0. The highest BCUT2D eigenvalue weighted by Crippen LogP contribution is 2.50. The Balaban J connectivity index is 1.87. The van der Waals surface area contributed by atoms with Gasteiger partial charge in [0.05, 0.1) is 11.5 Å². The van der Waals surface area contributed by atoms with Gasteiger partial charge >= 0.3 is 5.97 Å². The maximum Gasteiger partial charge on any atom is 0.326 e. The minimum Gasteiger partial charge on any atom is -0.480 e. The first kappa shape index (κ1) is 13.1. The fourth-order valence-electron chi connectivity index (χ4n) is 3.06. The molecule has 1 aromatic carbocycles. The van der Waals surface area contributed by atoms with Gasteiger partial charge in [-0.1, -0.05) is 30.3 Å². The molecule has 0 aromatic heterocycles. The molecule has 2 unspecified atom stereocenters. The standard InChI is InChI=1S/C15H17NO4/c17-11-8-12(13(18)19)16(9-11)14(20)15(6-7-15)10-4-2-1-3-5-10/h1-5,11-12,17H,6-9H2,(H,18,19). The maximum atomic E-state index is 12.7. The Labute approximate surface area is 116 Å². The van der Waals surface area contributed by atoms with Crippen LogP contribution in [0, 0.1) is 0 Å². The van der Waals surface area contributed by atoms with E-state index in [0.717, 1.165) is 18.4 Å². The summed E-state index contributed by atoms with van der Waals surface area (Å²) in [6, 6.07) is 8.58. The average Bonchev–Trinajstić information content (AvgIpc) is 3.16. The molecule has 0 spiro atoms. The number of likely N-dealkylation sites (tertiary alicyclic amines) is 1. The summed E-state index contributed by atoms with van der Waals surface area (Å²) in [5.74, 6) is -1.20. The summed E-state index contributed by atoms with van der Waals surface area (Å²) >= 11 is 0. The number of nitrogens with zero attached hydrogens (tertiary/aromatic N) is 1. The van der Waals surface area contributed by atoms with Gasteiger partial charge in [-0.05, 0) is 18.4 Å². The van der Waals surface area contributed by atoms with Gasteiger partial charge in [0.25, 0.3) is 0 Å². The van der Waals surface area contributed by atoms with Crippen molar-refractivity contribution in [3.63, 3.8) is 0 Å². The van der Waals surface area contributed by atoms with Crippen molar-refractivity contribution in [3.8, 4) is 0 Å². The normalized spacial score (nSPS) is 27.4. The third kappa shape index (κ3) is 1.98. The van der Waals surface area contributed by atoms with E-state index in [-0.39, 0.29) is 18.9 Å². The topological polar surface area (TPSA) is 77.8 Å². The number of aliphatic hydroxyl groups is 1. The van der Waals surface area contributed by atoms with E-state index in [2.05, 4.69) is 0 Å². The minimum absolute atomic E-state index is 0.115. The van der Waals surface area contributed by atoms with Gasteiger partial charge in [0.2, 0.25) is 5.91 Å². The Bertz CT molecular complexity index is 538. The number of hydrogen-bond acceptors (Lipinski definition) is 3. The predicted octanol–water partition coefficient (Wildman–Crippen LogP) is 0.765. The van der Waals surface area contributed by atoms with E-state index in [9.17, 15) is 19.8 Å². The van der Waals surface area contributed by atoms with Crippen molar-refractivity contribution in [2.75, 3.05) is 6.54 Å². The maximum absolute atomic E-state index is 12.7. The number of hydrogen-bond donors (Lipinski definition) is 2. The molecule has 1 aliphatic carbocycles. The predicted molar refractivity (Wildman–Crippen MR) is 71.1 cm³/mol. The monoisotopic (exact) mass is 275 g/mol. The molecule has 2 N–H and O–H groups in total. The molecule has 106 valence electrons. The van der Waals surface area contributed by atoms with Crippen molar-refractivity contribution in [2.45, 2.75) is 36.8 Å². The number of carboxylic acids is 1. The van der Waals surface area contributed by atoms with Crippen LogP contribution in [0.2, 0.25) is 0 Å². The van der Waals surface area contributed by atoms with Gasteiger partial charge in [-0.15, -0.1) is 0 Å². The fourth-order valence-corrected chi connectivity index (χ4v) is 3.06. The van der Waals surface area contributed by atoms with Crippen molar-refractivity contribution in [1.82, 2.24) is 4.90 Å². The number of carboxylic acid groups (broad SMARTS) is 1. The first-order valence-corrected chi connectivity index (χ1v) is 6.82. The molecule has 3 rings (SSSR count). The van der Waals surface area contributed by atoms with Crippen molar-refractivity contribution in [3.05, 3.63) is 35.9 Å². The number of rotatable bonds is 3. The van der Waals surface area contributed by atoms with Gasteiger partial charge in [-0.25, -0.2) is 4.79 Å². The lowest BCUT2D eigenvalue weighted by Crippen LogP contribution is -2.45. The van der Waals surface area contributed by atoms with Crippen molar-refractivity contribution >= 4 is 11.9 Å². The van der Waals surface area contributed by atoms with Crippen molar-refractivity contribution < 1.29 is 19.8 Å². The molecule has 0 radical (unpaired) electrons. The van der Waals surface area contributed by atoms with E-state index in [1.807, 2.05) is 30.3 Å². The van der Waals surface area contributed by atoms with Crippen LogP contribution in [0.5, 0.6) is 0 Å². The molecule has 5 heteroatoms. The second-order valence-corrected chi connectivity index (χ2v) is 5.65. The van der Waals surface area contributed by atoms with Crippen LogP contribution in [-0.2, 0) is 15.0 Å². The fraction of sp³-hybridized carbons (Fsp3) is 0.467. The number of amides is 1. The molecular formula is C15H17NO4. The van der Waals surface area contributed by atoms with Crippen molar-refractivity contribution in [2.24, 2.45) is 0 Å². The molecule has 2 fully saturated rings. The third-order valence-electron chi connectivity index (χ3n) is 4.31. The van der Waals surface area contributed by atoms with Gasteiger partial charge < -0.3 is 15.1 Å². The van der Waals surface area contributed by atoms with E-state index in [1.165, 1.54) is 4.90 Å². The number of β-amino-alcohol motifs (C(OH)–C–C–N with tert-alkyl or cyclic N) is 1. The molecule has 1 aromatic rings. The van der Waals surface area contributed by atoms with Crippen LogP contribution in [0.15, 0.2) is 30.3 Å². The zero-order chi connectivity index (χ0) is 14.3. The summed E-state index contributed by atoms with van der Waals surface area (Å²) in [6.45, 7) is 0.115. The van der Waals surface area contributed by atoms with Crippen LogP contribution in [0.1, 0.15) is 24.8 Å².